The fraction of sp³-hybridized carbons (Fsp3) is 0.615. The number of hydrogen-bond acceptors (Lipinski definition) is 2. The van der Waals surface area contributed by atoms with E-state index >= 15 is 0 Å². The Balaban J connectivity index is 3.97. The molecule has 0 N–H and O–H groups in total. The van der Waals surface area contributed by atoms with Crippen LogP contribution in [0.15, 0.2) is 25.3 Å². The van der Waals surface area contributed by atoms with E-state index in [9.17, 15) is 4.79 Å². The second-order valence-electron chi connectivity index (χ2n) is 4.18. The molecule has 92 valence electrons. The van der Waals surface area contributed by atoms with Crippen LogP contribution in [0.4, 0.5) is 0 Å². The smallest absolute Gasteiger partial charge is 0.330 e. The lowest BCUT2D eigenvalue weighted by Gasteiger charge is -2.28. The van der Waals surface area contributed by atoms with Gasteiger partial charge in [0.2, 0.25) is 0 Å². The molecule has 0 fully saturated rings. The van der Waals surface area contributed by atoms with Crippen molar-refractivity contribution in [1.29, 1.82) is 0 Å². The Morgan fingerprint density at radius 2 is 1.94 bits per heavy atom. The molecule has 0 amide bonds. The van der Waals surface area contributed by atoms with Crippen molar-refractivity contribution in [3.63, 3.8) is 0 Å². The van der Waals surface area contributed by atoms with Crippen molar-refractivity contribution in [2.75, 3.05) is 6.61 Å². The molecule has 0 rings (SSSR count). The van der Waals surface area contributed by atoms with Crippen LogP contribution < -0.4 is 0 Å². The summed E-state index contributed by atoms with van der Waals surface area (Å²) in [6.45, 7) is 12.3. The van der Waals surface area contributed by atoms with E-state index in [1.807, 2.05) is 0 Å². The van der Waals surface area contributed by atoms with Crippen LogP contribution in [0.2, 0.25) is 24.2 Å². The molecule has 0 aliphatic carbocycles. The minimum Gasteiger partial charge on any atom is -0.463 e. The molecule has 0 radical (unpaired) electrons. The van der Waals surface area contributed by atoms with Crippen molar-refractivity contribution in [1.82, 2.24) is 0 Å². The number of esters is 1. The number of hydrogen-bond donors (Lipinski definition) is 0. The van der Waals surface area contributed by atoms with Crippen LogP contribution in [0.5, 0.6) is 0 Å². The van der Waals surface area contributed by atoms with Crippen LogP contribution in [-0.2, 0) is 9.53 Å². The van der Waals surface area contributed by atoms with Gasteiger partial charge in [-0.15, -0.1) is 6.58 Å². The molecule has 0 aromatic rings. The van der Waals surface area contributed by atoms with Crippen molar-refractivity contribution >= 4 is 14.0 Å². The Hall–Kier alpha value is -0.833. The number of rotatable bonds is 9. The average Bonchev–Trinajstić information content (AvgIpc) is 2.32. The zero-order chi connectivity index (χ0) is 12.4. The van der Waals surface area contributed by atoms with Crippen molar-refractivity contribution in [2.45, 2.75) is 44.4 Å². The van der Waals surface area contributed by atoms with E-state index in [4.69, 9.17) is 4.74 Å². The molecule has 3 heteroatoms. The van der Waals surface area contributed by atoms with Crippen molar-refractivity contribution < 1.29 is 9.53 Å². The summed E-state index contributed by atoms with van der Waals surface area (Å²) < 4.78 is 4.99. The van der Waals surface area contributed by atoms with E-state index in [0.717, 1.165) is 6.42 Å². The second-order valence-corrected chi connectivity index (χ2v) is 9.50. The fourth-order valence-corrected chi connectivity index (χ4v) is 5.47. The maximum Gasteiger partial charge on any atom is 0.330 e. The lowest BCUT2D eigenvalue weighted by Crippen LogP contribution is -2.31. The van der Waals surface area contributed by atoms with E-state index < -0.39 is 8.07 Å². The minimum absolute atomic E-state index is 0.316. The maximum absolute atomic E-state index is 10.9. The highest BCUT2D eigenvalue weighted by Crippen LogP contribution is 2.27. The summed E-state index contributed by atoms with van der Waals surface area (Å²) in [7, 11) is -1.16. The third-order valence-electron chi connectivity index (χ3n) is 3.34. The van der Waals surface area contributed by atoms with Gasteiger partial charge in [0.05, 0.1) is 14.7 Å². The maximum atomic E-state index is 10.9. The number of carbonyl (C=O) groups excluding carboxylic acids is 1. The summed E-state index contributed by atoms with van der Waals surface area (Å²) in [5.74, 6) is -0.316. The van der Waals surface area contributed by atoms with Gasteiger partial charge >= 0.3 is 5.97 Å². The summed E-state index contributed by atoms with van der Waals surface area (Å²) >= 11 is 0. The predicted octanol–water partition coefficient (Wildman–Crippen LogP) is 3.78. The third-order valence-corrected chi connectivity index (χ3v) is 8.91. The Morgan fingerprint density at radius 3 is 2.38 bits per heavy atom. The summed E-state index contributed by atoms with van der Waals surface area (Å²) in [5.41, 5.74) is 0. The summed E-state index contributed by atoms with van der Waals surface area (Å²) in [6, 6.07) is 4.96. The van der Waals surface area contributed by atoms with Crippen molar-refractivity contribution in [3.05, 3.63) is 25.3 Å². The highest BCUT2D eigenvalue weighted by molar-refractivity contribution is 6.80. The normalized spacial score (nSPS) is 10.9. The van der Waals surface area contributed by atoms with Gasteiger partial charge < -0.3 is 4.74 Å². The van der Waals surface area contributed by atoms with Crippen LogP contribution in [0.25, 0.3) is 0 Å². The molecule has 0 atom stereocenters. The molecule has 0 saturated heterocycles. The minimum atomic E-state index is -1.16. The molecule has 0 spiro atoms. The first-order chi connectivity index (χ1) is 7.64. The lowest BCUT2D eigenvalue weighted by molar-refractivity contribution is -0.137. The molecule has 0 bridgehead atoms. The SMILES string of the molecule is C=CC[Si](CC)(CC)CCCOC(=O)C=C. The van der Waals surface area contributed by atoms with Gasteiger partial charge in [-0.1, -0.05) is 44.6 Å². The molecule has 2 nitrogen and oxygen atoms in total. The van der Waals surface area contributed by atoms with Crippen LogP contribution in [0, 0.1) is 0 Å². The summed E-state index contributed by atoms with van der Waals surface area (Å²) in [4.78, 5) is 10.9. The lowest BCUT2D eigenvalue weighted by atomic mass is 10.5. The molecule has 0 unspecified atom stereocenters. The number of ether oxygens (including phenoxy) is 1. The topological polar surface area (TPSA) is 26.3 Å². The molecular weight excluding hydrogens is 216 g/mol. The van der Waals surface area contributed by atoms with Crippen molar-refractivity contribution in [2.24, 2.45) is 0 Å². The molecule has 0 aromatic heterocycles. The van der Waals surface area contributed by atoms with Gasteiger partial charge in [0.25, 0.3) is 0 Å². The van der Waals surface area contributed by atoms with Gasteiger partial charge in [0.15, 0.2) is 0 Å². The van der Waals surface area contributed by atoms with Crippen LogP contribution in [0.3, 0.4) is 0 Å². The monoisotopic (exact) mass is 240 g/mol. The fourth-order valence-electron chi connectivity index (χ4n) is 1.98. The van der Waals surface area contributed by atoms with E-state index in [2.05, 4.69) is 33.1 Å². The molecule has 0 aliphatic rings. The van der Waals surface area contributed by atoms with Gasteiger partial charge in [0, 0.05) is 6.08 Å². The third kappa shape index (κ3) is 5.31. The Morgan fingerprint density at radius 1 is 1.31 bits per heavy atom. The molecule has 0 aromatic carbocycles. The summed E-state index contributed by atoms with van der Waals surface area (Å²) in [5, 5.41) is 0. The first-order valence-corrected chi connectivity index (χ1v) is 8.87. The van der Waals surface area contributed by atoms with E-state index in [-0.39, 0.29) is 5.97 Å². The highest BCUT2D eigenvalue weighted by Gasteiger charge is 2.26. The van der Waals surface area contributed by atoms with Crippen molar-refractivity contribution in [3.8, 4) is 0 Å². The Bertz CT molecular complexity index is 232. The van der Waals surface area contributed by atoms with Gasteiger partial charge in [-0.05, 0) is 12.5 Å². The molecule has 16 heavy (non-hydrogen) atoms. The first kappa shape index (κ1) is 15.2. The van der Waals surface area contributed by atoms with Crippen LogP contribution in [-0.4, -0.2) is 20.7 Å². The average molecular weight is 240 g/mol. The highest BCUT2D eigenvalue weighted by atomic mass is 28.3. The number of allylic oxidation sites excluding steroid dienone is 1. The summed E-state index contributed by atoms with van der Waals surface area (Å²) in [6.07, 6.45) is 4.24. The van der Waals surface area contributed by atoms with E-state index in [0.29, 0.717) is 6.61 Å². The predicted molar refractivity (Wildman–Crippen MR) is 72.3 cm³/mol. The molecular formula is C13H24O2Si. The zero-order valence-electron chi connectivity index (χ0n) is 10.6. The van der Waals surface area contributed by atoms with Gasteiger partial charge in [-0.2, -0.15) is 0 Å². The zero-order valence-corrected chi connectivity index (χ0v) is 11.6. The molecule has 0 saturated carbocycles. The van der Waals surface area contributed by atoms with E-state index in [1.54, 1.807) is 0 Å². The molecule has 0 heterocycles. The van der Waals surface area contributed by atoms with Crippen LogP contribution in [0.1, 0.15) is 20.3 Å². The van der Waals surface area contributed by atoms with Gasteiger partial charge in [-0.25, -0.2) is 4.79 Å². The van der Waals surface area contributed by atoms with E-state index in [1.165, 1.54) is 30.3 Å². The molecule has 0 aliphatic heterocycles. The largest absolute Gasteiger partial charge is 0.463 e. The number of carbonyl (C=O) groups is 1. The van der Waals surface area contributed by atoms with Gasteiger partial charge in [0.1, 0.15) is 0 Å². The first-order valence-electron chi connectivity index (χ1n) is 6.04. The van der Waals surface area contributed by atoms with Crippen LogP contribution >= 0.6 is 0 Å². The standard InChI is InChI=1S/C13H24O2Si/c1-5-11-16(7-3,8-4)12-9-10-15-13(14)6-2/h5-6H,1-2,7-12H2,3-4H3. The Kier molecular flexibility index (Phi) is 7.90. The second kappa shape index (κ2) is 8.33. The van der Waals surface area contributed by atoms with Gasteiger partial charge in [-0.3, -0.25) is 0 Å². The quantitative estimate of drug-likeness (QED) is 0.201. The Labute approximate surface area is 100 Å².